The molecular formula is C28H22N2O5S. The molecule has 0 bridgehead atoms. The van der Waals surface area contributed by atoms with Gasteiger partial charge in [-0.1, -0.05) is 30.3 Å². The van der Waals surface area contributed by atoms with Crippen LogP contribution in [-0.4, -0.2) is 29.0 Å². The molecule has 180 valence electrons. The number of anilines is 1. The molecule has 0 saturated heterocycles. The summed E-state index contributed by atoms with van der Waals surface area (Å²) in [5.41, 5.74) is 11.0. The van der Waals surface area contributed by atoms with E-state index in [1.807, 2.05) is 42.5 Å². The minimum Gasteiger partial charge on any atom is -0.480 e. The van der Waals surface area contributed by atoms with E-state index >= 15 is 0 Å². The number of hydrogen-bond donors (Lipinski definition) is 3. The van der Waals surface area contributed by atoms with Crippen LogP contribution in [-0.2, 0) is 22.6 Å². The number of ether oxygens (including phenoxy) is 1. The standard InChI is InChI=1S/C28H22N2O5S/c29-23(27(32)33)13-16-2-1-3-19(12-16)26(31)30-21-7-4-17(5-8-21)24-10-11-25(36-24)18-6-9-22-20(14-18)15-35-28(22)34/h1-12,14,23H,13,15,29H2,(H,30,31)(H,32,33)/t23-/m0/s1. The fourth-order valence-electron chi connectivity index (χ4n) is 4.04. The lowest BCUT2D eigenvalue weighted by atomic mass is 10.0. The predicted octanol–water partition coefficient (Wildman–Crippen LogP) is 4.96. The minimum atomic E-state index is -1.08. The van der Waals surface area contributed by atoms with Gasteiger partial charge in [0, 0.05) is 26.6 Å². The van der Waals surface area contributed by atoms with E-state index in [1.54, 1.807) is 35.6 Å². The molecule has 3 aromatic carbocycles. The second kappa shape index (κ2) is 9.77. The van der Waals surface area contributed by atoms with E-state index in [4.69, 9.17) is 15.6 Å². The van der Waals surface area contributed by atoms with E-state index in [0.717, 1.165) is 26.4 Å². The zero-order chi connectivity index (χ0) is 25.2. The van der Waals surface area contributed by atoms with Crippen LogP contribution in [0, 0.1) is 0 Å². The first-order valence-electron chi connectivity index (χ1n) is 11.3. The van der Waals surface area contributed by atoms with Crippen LogP contribution >= 0.6 is 11.3 Å². The Bertz CT molecular complexity index is 1480. The Labute approximate surface area is 211 Å². The maximum absolute atomic E-state index is 12.7. The molecule has 0 saturated carbocycles. The number of fused-ring (bicyclic) bond motifs is 1. The lowest BCUT2D eigenvalue weighted by Crippen LogP contribution is -2.32. The highest BCUT2D eigenvalue weighted by Gasteiger charge is 2.21. The van der Waals surface area contributed by atoms with E-state index in [1.165, 1.54) is 0 Å². The molecule has 0 radical (unpaired) electrons. The van der Waals surface area contributed by atoms with E-state index < -0.39 is 12.0 Å². The van der Waals surface area contributed by atoms with Crippen molar-refractivity contribution in [2.75, 3.05) is 5.32 Å². The maximum Gasteiger partial charge on any atom is 0.338 e. The topological polar surface area (TPSA) is 119 Å². The fraction of sp³-hybridized carbons (Fsp3) is 0.107. The van der Waals surface area contributed by atoms with Crippen molar-refractivity contribution in [3.8, 4) is 20.9 Å². The number of cyclic esters (lactones) is 1. The number of thiophene rings is 1. The van der Waals surface area contributed by atoms with Gasteiger partial charge in [0.05, 0.1) is 5.56 Å². The monoisotopic (exact) mass is 498 g/mol. The van der Waals surface area contributed by atoms with E-state index in [-0.39, 0.29) is 18.3 Å². The van der Waals surface area contributed by atoms with Crippen molar-refractivity contribution in [1.29, 1.82) is 0 Å². The SMILES string of the molecule is N[C@@H](Cc1cccc(C(=O)Nc2ccc(-c3ccc(-c4ccc5c(c4)COC5=O)s3)cc2)c1)C(=O)O. The number of carbonyl (C=O) groups is 3. The van der Waals surface area contributed by atoms with Gasteiger partial charge in [0.2, 0.25) is 0 Å². The maximum atomic E-state index is 12.7. The Morgan fingerprint density at radius 1 is 0.972 bits per heavy atom. The Morgan fingerprint density at radius 3 is 2.44 bits per heavy atom. The number of amides is 1. The summed E-state index contributed by atoms with van der Waals surface area (Å²) < 4.78 is 5.09. The van der Waals surface area contributed by atoms with Crippen molar-refractivity contribution in [3.63, 3.8) is 0 Å². The van der Waals surface area contributed by atoms with Crippen molar-refractivity contribution in [2.24, 2.45) is 5.73 Å². The number of carboxylic acids is 1. The van der Waals surface area contributed by atoms with Crippen LogP contribution in [0.5, 0.6) is 0 Å². The van der Waals surface area contributed by atoms with Crippen LogP contribution in [0.4, 0.5) is 5.69 Å². The number of hydrogen-bond acceptors (Lipinski definition) is 6. The molecule has 0 aliphatic carbocycles. The number of esters is 1. The second-order valence-corrected chi connectivity index (χ2v) is 9.58. The average molecular weight is 499 g/mol. The van der Waals surface area contributed by atoms with Crippen molar-refractivity contribution in [2.45, 2.75) is 19.1 Å². The summed E-state index contributed by atoms with van der Waals surface area (Å²) >= 11 is 1.65. The first kappa shape index (κ1) is 23.5. The highest BCUT2D eigenvalue weighted by Crippen LogP contribution is 2.36. The molecule has 4 aromatic rings. The van der Waals surface area contributed by atoms with Crippen LogP contribution in [0.2, 0.25) is 0 Å². The second-order valence-electron chi connectivity index (χ2n) is 8.49. The van der Waals surface area contributed by atoms with E-state index in [2.05, 4.69) is 17.4 Å². The van der Waals surface area contributed by atoms with E-state index in [9.17, 15) is 14.4 Å². The lowest BCUT2D eigenvalue weighted by molar-refractivity contribution is -0.138. The molecule has 4 N–H and O–H groups in total. The quantitative estimate of drug-likeness (QED) is 0.310. The number of aliphatic carboxylic acids is 1. The molecular weight excluding hydrogens is 476 g/mol. The molecule has 1 amide bonds. The number of nitrogens with two attached hydrogens (primary N) is 1. The number of benzene rings is 3. The molecule has 7 nitrogen and oxygen atoms in total. The van der Waals surface area contributed by atoms with Gasteiger partial charge in [0.1, 0.15) is 12.6 Å². The Balaban J connectivity index is 1.26. The summed E-state index contributed by atoms with van der Waals surface area (Å²) in [6.45, 7) is 0.313. The molecule has 0 fully saturated rings. The van der Waals surface area contributed by atoms with Crippen molar-refractivity contribution in [3.05, 3.63) is 101 Å². The summed E-state index contributed by atoms with van der Waals surface area (Å²) in [5.74, 6) is -1.64. The molecule has 0 spiro atoms. The van der Waals surface area contributed by atoms with Gasteiger partial charge < -0.3 is 20.9 Å². The third-order valence-corrected chi connectivity index (χ3v) is 7.15. The molecule has 36 heavy (non-hydrogen) atoms. The number of rotatable bonds is 7. The van der Waals surface area contributed by atoms with Gasteiger partial charge >= 0.3 is 11.9 Å². The number of nitrogens with one attached hydrogen (secondary N) is 1. The van der Waals surface area contributed by atoms with Crippen molar-refractivity contribution >= 4 is 34.9 Å². The van der Waals surface area contributed by atoms with Gasteiger partial charge in [-0.25, -0.2) is 4.79 Å². The summed E-state index contributed by atoms with van der Waals surface area (Å²) in [5, 5.41) is 11.9. The lowest BCUT2D eigenvalue weighted by Gasteiger charge is -2.09. The summed E-state index contributed by atoms with van der Waals surface area (Å²) in [6, 6.07) is 23.2. The molecule has 1 aliphatic rings. The van der Waals surface area contributed by atoms with Gasteiger partial charge in [-0.3, -0.25) is 9.59 Å². The Kier molecular flexibility index (Phi) is 6.37. The van der Waals surface area contributed by atoms with Gasteiger partial charge in [-0.15, -0.1) is 11.3 Å². The minimum absolute atomic E-state index is 0.144. The summed E-state index contributed by atoms with van der Waals surface area (Å²) in [6.07, 6.45) is 0.144. The molecule has 1 atom stereocenters. The van der Waals surface area contributed by atoms with Crippen LogP contribution < -0.4 is 11.1 Å². The molecule has 1 aromatic heterocycles. The van der Waals surface area contributed by atoms with Crippen LogP contribution in [0.25, 0.3) is 20.9 Å². The van der Waals surface area contributed by atoms with Crippen molar-refractivity contribution < 1.29 is 24.2 Å². The number of carbonyl (C=O) groups excluding carboxylic acids is 2. The zero-order valence-corrected chi connectivity index (χ0v) is 19.9. The summed E-state index contributed by atoms with van der Waals surface area (Å²) in [4.78, 5) is 37.6. The highest BCUT2D eigenvalue weighted by atomic mass is 32.1. The third-order valence-electron chi connectivity index (χ3n) is 5.96. The molecule has 2 heterocycles. The van der Waals surface area contributed by atoms with Gasteiger partial charge in [0.15, 0.2) is 0 Å². The normalized spacial score (nSPS) is 13.1. The van der Waals surface area contributed by atoms with Gasteiger partial charge in [-0.2, -0.15) is 0 Å². The average Bonchev–Trinajstić information content (AvgIpc) is 3.52. The Hall–Kier alpha value is -4.27. The number of carboxylic acid groups (broad SMARTS) is 1. The smallest absolute Gasteiger partial charge is 0.338 e. The Morgan fingerprint density at radius 2 is 1.69 bits per heavy atom. The fourth-order valence-corrected chi connectivity index (χ4v) is 5.04. The van der Waals surface area contributed by atoms with Crippen molar-refractivity contribution in [1.82, 2.24) is 0 Å². The van der Waals surface area contributed by atoms with Gasteiger partial charge in [-0.05, 0) is 71.6 Å². The molecule has 0 unspecified atom stereocenters. The largest absolute Gasteiger partial charge is 0.480 e. The van der Waals surface area contributed by atoms with Crippen LogP contribution in [0.3, 0.4) is 0 Å². The molecule has 5 rings (SSSR count). The molecule has 8 heteroatoms. The first-order valence-corrected chi connectivity index (χ1v) is 12.1. The summed E-state index contributed by atoms with van der Waals surface area (Å²) in [7, 11) is 0. The zero-order valence-electron chi connectivity index (χ0n) is 19.1. The van der Waals surface area contributed by atoms with Gasteiger partial charge in [0.25, 0.3) is 5.91 Å². The highest BCUT2D eigenvalue weighted by molar-refractivity contribution is 7.18. The predicted molar refractivity (Wildman–Crippen MR) is 138 cm³/mol. The van der Waals surface area contributed by atoms with E-state index in [0.29, 0.717) is 29.0 Å². The molecule has 1 aliphatic heterocycles. The van der Waals surface area contributed by atoms with Crippen LogP contribution in [0.15, 0.2) is 78.9 Å². The third kappa shape index (κ3) is 4.91. The first-order chi connectivity index (χ1) is 17.4. The van der Waals surface area contributed by atoms with Crippen LogP contribution in [0.1, 0.15) is 31.8 Å².